The molecule has 2 unspecified atom stereocenters. The van der Waals surface area contributed by atoms with E-state index in [0.29, 0.717) is 13.2 Å². The fourth-order valence-corrected chi connectivity index (χ4v) is 2.33. The molecule has 0 aromatic rings. The number of primary amides is 1. The van der Waals surface area contributed by atoms with Gasteiger partial charge in [-0.25, -0.2) is 4.79 Å². The van der Waals surface area contributed by atoms with Gasteiger partial charge in [-0.3, -0.25) is 4.79 Å². The average Bonchev–Trinajstić information content (AvgIpc) is 2.47. The van der Waals surface area contributed by atoms with E-state index in [9.17, 15) is 9.59 Å². The summed E-state index contributed by atoms with van der Waals surface area (Å²) in [5, 5.41) is 0. The molecule has 0 bridgehead atoms. The van der Waals surface area contributed by atoms with Crippen LogP contribution in [0.4, 0.5) is 4.79 Å². The molecule has 17 heavy (non-hydrogen) atoms. The molecular weight excluding hydrogens is 244 g/mol. The van der Waals surface area contributed by atoms with Crippen LogP contribution >= 0.6 is 11.6 Å². The Bertz CT molecular complexity index is 286. The molecule has 0 radical (unpaired) electrons. The molecule has 1 fully saturated rings. The van der Waals surface area contributed by atoms with Crippen molar-refractivity contribution in [1.29, 1.82) is 0 Å². The van der Waals surface area contributed by atoms with Crippen LogP contribution in [-0.4, -0.2) is 42.5 Å². The standard InChI is InChI=1S/C11H19ClN2O3/c1-8-6-14(10(15)5-12)4-2-3-9(8)7-17-11(13)16/h8-9H,2-7H2,1H3,(H2,13,16). The van der Waals surface area contributed by atoms with Gasteiger partial charge in [-0.2, -0.15) is 0 Å². The van der Waals surface area contributed by atoms with Crippen molar-refractivity contribution in [3.8, 4) is 0 Å². The number of nitrogens with two attached hydrogens (primary N) is 1. The van der Waals surface area contributed by atoms with Crippen LogP contribution in [0.2, 0.25) is 0 Å². The van der Waals surface area contributed by atoms with Crippen molar-refractivity contribution in [2.45, 2.75) is 19.8 Å². The molecule has 0 aromatic heterocycles. The molecule has 1 aliphatic rings. The van der Waals surface area contributed by atoms with Gasteiger partial charge >= 0.3 is 6.09 Å². The zero-order valence-corrected chi connectivity index (χ0v) is 10.8. The van der Waals surface area contributed by atoms with Crippen LogP contribution in [-0.2, 0) is 9.53 Å². The van der Waals surface area contributed by atoms with Gasteiger partial charge in [0.15, 0.2) is 0 Å². The summed E-state index contributed by atoms with van der Waals surface area (Å²) in [6.07, 6.45) is 1.09. The van der Waals surface area contributed by atoms with Gasteiger partial charge in [0.1, 0.15) is 5.88 Å². The van der Waals surface area contributed by atoms with E-state index >= 15 is 0 Å². The van der Waals surface area contributed by atoms with Crippen molar-refractivity contribution < 1.29 is 14.3 Å². The summed E-state index contributed by atoms with van der Waals surface area (Å²) in [6, 6.07) is 0. The van der Waals surface area contributed by atoms with Gasteiger partial charge in [0.05, 0.1) is 6.61 Å². The van der Waals surface area contributed by atoms with E-state index in [1.807, 2.05) is 0 Å². The zero-order valence-electron chi connectivity index (χ0n) is 10.0. The second-order valence-corrected chi connectivity index (χ2v) is 4.75. The van der Waals surface area contributed by atoms with Crippen LogP contribution in [0, 0.1) is 11.8 Å². The Morgan fingerprint density at radius 3 is 2.82 bits per heavy atom. The maximum Gasteiger partial charge on any atom is 0.404 e. The average molecular weight is 263 g/mol. The minimum absolute atomic E-state index is 0.0230. The number of carbonyl (C=O) groups is 2. The number of amides is 2. The molecule has 1 saturated heterocycles. The van der Waals surface area contributed by atoms with Gasteiger partial charge in [0.2, 0.25) is 5.91 Å². The van der Waals surface area contributed by atoms with Gasteiger partial charge in [0.25, 0.3) is 0 Å². The first-order valence-electron chi connectivity index (χ1n) is 5.80. The van der Waals surface area contributed by atoms with Crippen molar-refractivity contribution in [2.24, 2.45) is 17.6 Å². The van der Waals surface area contributed by atoms with Gasteiger partial charge in [-0.1, -0.05) is 6.92 Å². The molecule has 98 valence electrons. The van der Waals surface area contributed by atoms with Crippen molar-refractivity contribution in [3.63, 3.8) is 0 Å². The molecule has 1 aliphatic heterocycles. The van der Waals surface area contributed by atoms with E-state index in [1.165, 1.54) is 0 Å². The summed E-state index contributed by atoms with van der Waals surface area (Å²) >= 11 is 5.55. The highest BCUT2D eigenvalue weighted by Crippen LogP contribution is 2.23. The van der Waals surface area contributed by atoms with E-state index < -0.39 is 6.09 Å². The molecule has 0 spiro atoms. The Balaban J connectivity index is 2.50. The lowest BCUT2D eigenvalue weighted by molar-refractivity contribution is -0.129. The lowest BCUT2D eigenvalue weighted by Crippen LogP contribution is -2.36. The summed E-state index contributed by atoms with van der Waals surface area (Å²) in [6.45, 7) is 3.77. The smallest absolute Gasteiger partial charge is 0.404 e. The molecule has 2 amide bonds. The summed E-state index contributed by atoms with van der Waals surface area (Å²) in [7, 11) is 0. The van der Waals surface area contributed by atoms with Gasteiger partial charge in [-0.05, 0) is 24.7 Å². The number of hydrogen-bond acceptors (Lipinski definition) is 3. The normalized spacial score (nSPS) is 25.2. The SMILES string of the molecule is CC1CN(C(=O)CCl)CCCC1COC(N)=O. The third kappa shape index (κ3) is 4.42. The Morgan fingerprint density at radius 1 is 1.53 bits per heavy atom. The summed E-state index contributed by atoms with van der Waals surface area (Å²) in [5.41, 5.74) is 4.95. The Hall–Kier alpha value is -0.970. The zero-order chi connectivity index (χ0) is 12.8. The second-order valence-electron chi connectivity index (χ2n) is 4.48. The van der Waals surface area contributed by atoms with Crippen LogP contribution in [0.15, 0.2) is 0 Å². The number of nitrogens with zero attached hydrogens (tertiary/aromatic N) is 1. The minimum Gasteiger partial charge on any atom is -0.449 e. The quantitative estimate of drug-likeness (QED) is 0.777. The van der Waals surface area contributed by atoms with E-state index in [4.69, 9.17) is 22.1 Å². The van der Waals surface area contributed by atoms with Crippen LogP contribution in [0.3, 0.4) is 0 Å². The molecule has 0 aliphatic carbocycles. The highest BCUT2D eigenvalue weighted by Gasteiger charge is 2.26. The first-order chi connectivity index (χ1) is 8.04. The number of ether oxygens (including phenoxy) is 1. The fourth-order valence-electron chi connectivity index (χ4n) is 2.16. The van der Waals surface area contributed by atoms with E-state index in [1.54, 1.807) is 4.90 Å². The Morgan fingerprint density at radius 2 is 2.24 bits per heavy atom. The van der Waals surface area contributed by atoms with E-state index in [0.717, 1.165) is 19.4 Å². The van der Waals surface area contributed by atoms with E-state index in [-0.39, 0.29) is 23.6 Å². The number of carbonyl (C=O) groups excluding carboxylic acids is 2. The molecule has 0 aromatic carbocycles. The molecule has 0 saturated carbocycles. The summed E-state index contributed by atoms with van der Waals surface area (Å²) < 4.78 is 4.84. The van der Waals surface area contributed by atoms with Gasteiger partial charge < -0.3 is 15.4 Å². The molecule has 1 rings (SSSR count). The van der Waals surface area contributed by atoms with Crippen LogP contribution < -0.4 is 5.73 Å². The maximum absolute atomic E-state index is 11.5. The molecular formula is C11H19ClN2O3. The maximum atomic E-state index is 11.5. The Labute approximate surface area is 106 Å². The predicted octanol–water partition coefficient (Wildman–Crippen LogP) is 1.20. The van der Waals surface area contributed by atoms with Crippen LogP contribution in [0.25, 0.3) is 0 Å². The molecule has 5 nitrogen and oxygen atoms in total. The molecule has 2 atom stereocenters. The van der Waals surface area contributed by atoms with Crippen LogP contribution in [0.1, 0.15) is 19.8 Å². The van der Waals surface area contributed by atoms with Crippen molar-refractivity contribution in [2.75, 3.05) is 25.6 Å². The molecule has 1 heterocycles. The highest BCUT2D eigenvalue weighted by atomic mass is 35.5. The molecule has 2 N–H and O–H groups in total. The van der Waals surface area contributed by atoms with Gasteiger partial charge in [-0.15, -0.1) is 11.6 Å². The number of hydrogen-bond donors (Lipinski definition) is 1. The van der Waals surface area contributed by atoms with Crippen LogP contribution in [0.5, 0.6) is 0 Å². The van der Waals surface area contributed by atoms with E-state index in [2.05, 4.69) is 6.92 Å². The first kappa shape index (κ1) is 14.1. The number of likely N-dealkylation sites (tertiary alicyclic amines) is 1. The molecule has 6 heteroatoms. The predicted molar refractivity (Wildman–Crippen MR) is 64.7 cm³/mol. The largest absolute Gasteiger partial charge is 0.449 e. The topological polar surface area (TPSA) is 72.6 Å². The fraction of sp³-hybridized carbons (Fsp3) is 0.818. The number of rotatable bonds is 3. The lowest BCUT2D eigenvalue weighted by atomic mass is 9.92. The third-order valence-corrected chi connectivity index (χ3v) is 3.45. The van der Waals surface area contributed by atoms with Gasteiger partial charge in [0, 0.05) is 13.1 Å². The second kappa shape index (κ2) is 6.69. The first-order valence-corrected chi connectivity index (χ1v) is 6.34. The number of alkyl halides is 1. The lowest BCUT2D eigenvalue weighted by Gasteiger charge is -2.24. The minimum atomic E-state index is -0.741. The third-order valence-electron chi connectivity index (χ3n) is 3.22. The monoisotopic (exact) mass is 262 g/mol. The van der Waals surface area contributed by atoms with Crippen molar-refractivity contribution >= 4 is 23.6 Å². The van der Waals surface area contributed by atoms with Crippen molar-refractivity contribution in [3.05, 3.63) is 0 Å². The Kier molecular flexibility index (Phi) is 5.55. The van der Waals surface area contributed by atoms with Crippen molar-refractivity contribution in [1.82, 2.24) is 4.90 Å². The highest BCUT2D eigenvalue weighted by molar-refractivity contribution is 6.27. The summed E-state index contributed by atoms with van der Waals surface area (Å²) in [4.78, 5) is 23.9. The number of halogens is 1. The summed E-state index contributed by atoms with van der Waals surface area (Å²) in [5.74, 6) is 0.532.